The van der Waals surface area contributed by atoms with Crippen molar-refractivity contribution in [1.29, 1.82) is 0 Å². The minimum absolute atomic E-state index is 0.0648. The average Bonchev–Trinajstić information content (AvgIpc) is 2.60. The molecule has 0 aliphatic heterocycles. The van der Waals surface area contributed by atoms with Gasteiger partial charge >= 0.3 is 0 Å². The van der Waals surface area contributed by atoms with Crippen LogP contribution < -0.4 is 15.8 Å². The third-order valence-corrected chi connectivity index (χ3v) is 5.78. The number of rotatable bonds is 7. The Bertz CT molecular complexity index is 926. The first-order chi connectivity index (χ1) is 12.6. The lowest BCUT2D eigenvalue weighted by Gasteiger charge is -2.21. The molecule has 0 aliphatic carbocycles. The Kier molecular flexibility index (Phi) is 6.74. The summed E-state index contributed by atoms with van der Waals surface area (Å²) in [4.78, 5) is 23.8. The third kappa shape index (κ3) is 5.62. The summed E-state index contributed by atoms with van der Waals surface area (Å²) in [5, 5.41) is 2.65. The van der Waals surface area contributed by atoms with Crippen molar-refractivity contribution in [3.05, 3.63) is 58.6 Å². The number of carbonyl (C=O) groups excluding carboxylic acids is 2. The predicted octanol–water partition coefficient (Wildman–Crippen LogP) is 2.49. The summed E-state index contributed by atoms with van der Waals surface area (Å²) in [5.41, 5.74) is 5.92. The second kappa shape index (κ2) is 8.64. The van der Waals surface area contributed by atoms with E-state index in [9.17, 15) is 18.0 Å². The quantitative estimate of drug-likeness (QED) is 0.596. The Morgan fingerprint density at radius 1 is 1.00 bits per heavy atom. The number of amides is 2. The van der Waals surface area contributed by atoms with Crippen LogP contribution in [0.4, 0.5) is 5.69 Å². The Labute approximate surface area is 166 Å². The number of hydrogen-bond donors (Lipinski definition) is 3. The third-order valence-electron chi connectivity index (χ3n) is 3.79. The Morgan fingerprint density at radius 3 is 2.04 bits per heavy atom. The zero-order chi connectivity index (χ0) is 20.2. The topological polar surface area (TPSA) is 118 Å². The van der Waals surface area contributed by atoms with Crippen molar-refractivity contribution < 1.29 is 18.0 Å². The van der Waals surface area contributed by atoms with Gasteiger partial charge in [0.05, 0.1) is 4.90 Å². The zero-order valence-electron chi connectivity index (χ0n) is 14.8. The molecule has 0 aromatic heterocycles. The lowest BCUT2D eigenvalue weighted by Crippen LogP contribution is -2.47. The number of sulfonamides is 1. The van der Waals surface area contributed by atoms with Crippen LogP contribution >= 0.6 is 15.9 Å². The molecule has 0 heterocycles. The van der Waals surface area contributed by atoms with E-state index in [-0.39, 0.29) is 10.8 Å². The number of carbonyl (C=O) groups is 2. The molecule has 2 aromatic rings. The normalized spacial score (nSPS) is 12.6. The van der Waals surface area contributed by atoms with E-state index in [0.717, 1.165) is 4.47 Å². The fourth-order valence-corrected chi connectivity index (χ4v) is 3.89. The van der Waals surface area contributed by atoms with Crippen LogP contribution in [-0.2, 0) is 14.8 Å². The van der Waals surface area contributed by atoms with Crippen molar-refractivity contribution in [3.63, 3.8) is 0 Å². The number of nitrogens with two attached hydrogens (primary N) is 1. The summed E-state index contributed by atoms with van der Waals surface area (Å²) in [5.74, 6) is -1.37. The van der Waals surface area contributed by atoms with E-state index in [4.69, 9.17) is 5.73 Å². The Balaban J connectivity index is 2.17. The molecule has 0 unspecified atom stereocenters. The first-order valence-electron chi connectivity index (χ1n) is 8.09. The molecule has 1 atom stereocenters. The van der Waals surface area contributed by atoms with Gasteiger partial charge in [0, 0.05) is 15.7 Å². The Morgan fingerprint density at radius 2 is 1.56 bits per heavy atom. The monoisotopic (exact) mass is 453 g/mol. The smallest absolute Gasteiger partial charge is 0.248 e. The molecule has 0 fully saturated rings. The second-order valence-corrected chi connectivity index (χ2v) is 8.86. The van der Waals surface area contributed by atoms with Gasteiger partial charge in [0.2, 0.25) is 21.8 Å². The molecule has 0 saturated heterocycles. The molecule has 0 bridgehead atoms. The van der Waals surface area contributed by atoms with Crippen molar-refractivity contribution in [1.82, 2.24) is 4.72 Å². The summed E-state index contributed by atoms with van der Waals surface area (Å²) < 4.78 is 28.4. The van der Waals surface area contributed by atoms with E-state index in [1.807, 2.05) is 0 Å². The molecule has 7 nitrogen and oxygen atoms in total. The summed E-state index contributed by atoms with van der Waals surface area (Å²) in [6.45, 7) is 3.48. The van der Waals surface area contributed by atoms with Crippen molar-refractivity contribution >= 4 is 43.5 Å². The molecule has 2 amide bonds. The molecular weight excluding hydrogens is 434 g/mol. The molecule has 0 spiro atoms. The Hall–Kier alpha value is -2.23. The standard InChI is InChI=1S/C18H20BrN3O4S/c1-11(2)16(22-27(25,26)15-9-5-13(19)6-10-15)18(24)21-14-7-3-12(4-8-14)17(20)23/h3-11,16,22H,1-2H3,(H2,20,23)(H,21,24)/t16-/m0/s1. The molecule has 27 heavy (non-hydrogen) atoms. The maximum Gasteiger partial charge on any atom is 0.248 e. The number of benzene rings is 2. The molecule has 2 rings (SSSR count). The highest BCUT2D eigenvalue weighted by molar-refractivity contribution is 9.10. The van der Waals surface area contributed by atoms with Crippen molar-refractivity contribution in [2.75, 3.05) is 5.32 Å². The van der Waals surface area contributed by atoms with Crippen LogP contribution in [0.2, 0.25) is 0 Å². The fraction of sp³-hybridized carbons (Fsp3) is 0.222. The lowest BCUT2D eigenvalue weighted by atomic mass is 10.0. The maximum atomic E-state index is 12.6. The van der Waals surface area contributed by atoms with Gasteiger partial charge in [-0.25, -0.2) is 8.42 Å². The van der Waals surface area contributed by atoms with Gasteiger partial charge in [-0.2, -0.15) is 4.72 Å². The van der Waals surface area contributed by atoms with Crippen LogP contribution in [0.15, 0.2) is 57.9 Å². The van der Waals surface area contributed by atoms with E-state index in [1.165, 1.54) is 36.4 Å². The highest BCUT2D eigenvalue weighted by Crippen LogP contribution is 2.17. The lowest BCUT2D eigenvalue weighted by molar-refractivity contribution is -0.118. The van der Waals surface area contributed by atoms with Gasteiger partial charge in [-0.3, -0.25) is 9.59 Å². The second-order valence-electron chi connectivity index (χ2n) is 6.23. The van der Waals surface area contributed by atoms with E-state index < -0.39 is 27.9 Å². The van der Waals surface area contributed by atoms with Gasteiger partial charge in [-0.1, -0.05) is 29.8 Å². The van der Waals surface area contributed by atoms with Gasteiger partial charge in [-0.15, -0.1) is 0 Å². The fourth-order valence-electron chi connectivity index (χ4n) is 2.28. The zero-order valence-corrected chi connectivity index (χ0v) is 17.2. The van der Waals surface area contributed by atoms with E-state index in [2.05, 4.69) is 26.0 Å². The van der Waals surface area contributed by atoms with Gasteiger partial charge in [0.1, 0.15) is 6.04 Å². The summed E-state index contributed by atoms with van der Waals surface area (Å²) in [7, 11) is -3.87. The number of halogens is 1. The first kappa shape index (κ1) is 21.1. The molecule has 0 radical (unpaired) electrons. The highest BCUT2D eigenvalue weighted by Gasteiger charge is 2.28. The highest BCUT2D eigenvalue weighted by atomic mass is 79.9. The molecule has 144 valence electrons. The van der Waals surface area contributed by atoms with E-state index in [0.29, 0.717) is 11.3 Å². The van der Waals surface area contributed by atoms with Crippen molar-refractivity contribution in [3.8, 4) is 0 Å². The van der Waals surface area contributed by atoms with Gasteiger partial charge in [0.25, 0.3) is 0 Å². The molecule has 9 heteroatoms. The maximum absolute atomic E-state index is 12.6. The van der Waals surface area contributed by atoms with Crippen molar-refractivity contribution in [2.24, 2.45) is 11.7 Å². The minimum atomic E-state index is -3.87. The van der Waals surface area contributed by atoms with E-state index >= 15 is 0 Å². The summed E-state index contributed by atoms with van der Waals surface area (Å²) >= 11 is 3.25. The van der Waals surface area contributed by atoms with Gasteiger partial charge in [-0.05, 0) is 54.4 Å². The number of nitrogens with one attached hydrogen (secondary N) is 2. The SMILES string of the molecule is CC(C)[C@H](NS(=O)(=O)c1ccc(Br)cc1)C(=O)Nc1ccc(C(N)=O)cc1. The van der Waals surface area contributed by atoms with Crippen LogP contribution in [-0.4, -0.2) is 26.3 Å². The van der Waals surface area contributed by atoms with Crippen molar-refractivity contribution in [2.45, 2.75) is 24.8 Å². The number of hydrogen-bond acceptors (Lipinski definition) is 4. The molecule has 0 saturated carbocycles. The average molecular weight is 454 g/mol. The summed E-state index contributed by atoms with van der Waals surface area (Å²) in [6.07, 6.45) is 0. The van der Waals surface area contributed by atoms with E-state index in [1.54, 1.807) is 26.0 Å². The predicted molar refractivity (Wildman–Crippen MR) is 107 cm³/mol. The van der Waals surface area contributed by atoms with Crippen LogP contribution in [0.25, 0.3) is 0 Å². The van der Waals surface area contributed by atoms with Crippen LogP contribution in [0.3, 0.4) is 0 Å². The van der Waals surface area contributed by atoms with Crippen LogP contribution in [0, 0.1) is 5.92 Å². The molecular formula is C18H20BrN3O4S. The first-order valence-corrected chi connectivity index (χ1v) is 10.4. The number of primary amides is 1. The van der Waals surface area contributed by atoms with Gasteiger partial charge in [0.15, 0.2) is 0 Å². The molecule has 4 N–H and O–H groups in total. The minimum Gasteiger partial charge on any atom is -0.366 e. The number of anilines is 1. The van der Waals surface area contributed by atoms with Gasteiger partial charge < -0.3 is 11.1 Å². The van der Waals surface area contributed by atoms with Crippen LogP contribution in [0.5, 0.6) is 0 Å². The van der Waals surface area contributed by atoms with Crippen LogP contribution in [0.1, 0.15) is 24.2 Å². The summed E-state index contributed by atoms with van der Waals surface area (Å²) in [6, 6.07) is 11.2. The molecule has 2 aromatic carbocycles. The largest absolute Gasteiger partial charge is 0.366 e. The molecule has 0 aliphatic rings.